The van der Waals surface area contributed by atoms with Gasteiger partial charge in [-0.3, -0.25) is 9.48 Å². The Labute approximate surface area is 227 Å². The minimum atomic E-state index is -0.179. The zero-order valence-corrected chi connectivity index (χ0v) is 22.0. The van der Waals surface area contributed by atoms with E-state index in [1.165, 1.54) is 5.56 Å². The summed E-state index contributed by atoms with van der Waals surface area (Å²) < 4.78 is 8.03. The highest BCUT2D eigenvalue weighted by molar-refractivity contribution is 5.75. The first-order chi connectivity index (χ1) is 19.0. The summed E-state index contributed by atoms with van der Waals surface area (Å²) in [5, 5.41) is 23.2. The molecule has 0 unspecified atom stereocenters. The number of nitrogens with zero attached hydrogens (tertiary/aromatic N) is 4. The van der Waals surface area contributed by atoms with Gasteiger partial charge in [-0.15, -0.1) is 0 Å². The van der Waals surface area contributed by atoms with Crippen LogP contribution in [-0.2, 0) is 11.3 Å². The molecular weight excluding hydrogens is 490 g/mol. The van der Waals surface area contributed by atoms with Gasteiger partial charge in [0.1, 0.15) is 12.6 Å². The second kappa shape index (κ2) is 11.8. The van der Waals surface area contributed by atoms with E-state index in [1.807, 2.05) is 54.7 Å². The molecule has 3 atom stereocenters. The van der Waals surface area contributed by atoms with Crippen LogP contribution in [0.15, 0.2) is 79.3 Å². The number of fused-ring (bicyclic) bond motifs is 1. The molecular formula is C30H31N7O2. The van der Waals surface area contributed by atoms with Crippen molar-refractivity contribution in [2.24, 2.45) is 0 Å². The number of aromatic nitrogens is 3. The number of amides is 1. The first kappa shape index (κ1) is 25.9. The van der Waals surface area contributed by atoms with Crippen molar-refractivity contribution >= 4 is 11.6 Å². The quantitative estimate of drug-likeness (QED) is 0.306. The van der Waals surface area contributed by atoms with Crippen molar-refractivity contribution in [3.05, 3.63) is 95.9 Å². The summed E-state index contributed by atoms with van der Waals surface area (Å²) in [7, 11) is 1.60. The average molecular weight is 522 g/mol. The van der Waals surface area contributed by atoms with Crippen molar-refractivity contribution < 1.29 is 9.53 Å². The molecule has 0 saturated carbocycles. The number of nitrogens with one attached hydrogen (secondary N) is 3. The van der Waals surface area contributed by atoms with Crippen LogP contribution in [0.1, 0.15) is 35.6 Å². The zero-order chi connectivity index (χ0) is 27.2. The SMILES string of the molecule is CNC(=O)Cn1cc(-c2cnc3c(c2)NC[C@@H]([C@H](NC[C@@H](C)c2ccc(C#N)cc2)c2ccccc2)O3)cn1. The number of nitriles is 1. The van der Waals surface area contributed by atoms with E-state index in [1.54, 1.807) is 24.1 Å². The molecule has 1 aliphatic rings. The average Bonchev–Trinajstić information content (AvgIpc) is 3.45. The van der Waals surface area contributed by atoms with E-state index < -0.39 is 0 Å². The molecule has 9 nitrogen and oxygen atoms in total. The van der Waals surface area contributed by atoms with Gasteiger partial charge in [-0.25, -0.2) is 4.98 Å². The van der Waals surface area contributed by atoms with Gasteiger partial charge in [-0.05, 0) is 35.2 Å². The highest BCUT2D eigenvalue weighted by atomic mass is 16.5. The Kier molecular flexibility index (Phi) is 7.85. The molecule has 1 aliphatic heterocycles. The third-order valence-corrected chi connectivity index (χ3v) is 6.94. The van der Waals surface area contributed by atoms with Crippen molar-refractivity contribution in [1.82, 2.24) is 25.4 Å². The van der Waals surface area contributed by atoms with Crippen LogP contribution in [-0.4, -0.2) is 46.9 Å². The number of benzene rings is 2. The number of pyridine rings is 1. The zero-order valence-electron chi connectivity index (χ0n) is 22.0. The molecule has 9 heteroatoms. The first-order valence-electron chi connectivity index (χ1n) is 13.0. The highest BCUT2D eigenvalue weighted by Crippen LogP contribution is 2.34. The molecule has 0 saturated heterocycles. The lowest BCUT2D eigenvalue weighted by Gasteiger charge is -2.34. The second-order valence-corrected chi connectivity index (χ2v) is 9.65. The summed E-state index contributed by atoms with van der Waals surface area (Å²) in [4.78, 5) is 16.3. The first-order valence-corrected chi connectivity index (χ1v) is 13.0. The molecule has 0 spiro atoms. The van der Waals surface area contributed by atoms with Gasteiger partial charge in [0.2, 0.25) is 11.8 Å². The Morgan fingerprint density at radius 1 is 1.15 bits per heavy atom. The maximum atomic E-state index is 11.7. The normalized spacial score (nSPS) is 15.7. The number of hydrogen-bond acceptors (Lipinski definition) is 7. The molecule has 0 radical (unpaired) electrons. The van der Waals surface area contributed by atoms with Crippen LogP contribution in [0.5, 0.6) is 5.88 Å². The van der Waals surface area contributed by atoms with E-state index in [9.17, 15) is 4.79 Å². The van der Waals surface area contributed by atoms with E-state index in [4.69, 9.17) is 10.00 Å². The second-order valence-electron chi connectivity index (χ2n) is 9.65. The standard InChI is InChI=1S/C30H31N7O2/c1-20(22-10-8-21(13-31)9-11-22)14-34-29(23-6-4-3-5-7-23)27-17-33-26-12-24(15-35-30(26)39-27)25-16-36-37(18-25)19-28(38)32-2/h3-12,15-16,18,20,27,29,33-34H,14,17,19H2,1-2H3,(H,32,38)/t20-,27+,29-/m1/s1. The van der Waals surface area contributed by atoms with Crippen molar-refractivity contribution in [3.8, 4) is 23.1 Å². The fourth-order valence-corrected chi connectivity index (χ4v) is 4.67. The molecule has 198 valence electrons. The molecule has 0 fully saturated rings. The summed E-state index contributed by atoms with van der Waals surface area (Å²) in [5.41, 5.74) is 5.56. The number of carbonyl (C=O) groups excluding carboxylic acids is 1. The fourth-order valence-electron chi connectivity index (χ4n) is 4.67. The van der Waals surface area contributed by atoms with Gasteiger partial charge in [0.25, 0.3) is 0 Å². The Morgan fingerprint density at radius 2 is 1.95 bits per heavy atom. The van der Waals surface area contributed by atoms with Crippen LogP contribution in [0.25, 0.3) is 11.1 Å². The van der Waals surface area contributed by atoms with Crippen molar-refractivity contribution in [2.45, 2.75) is 31.5 Å². The van der Waals surface area contributed by atoms with Gasteiger partial charge in [0.05, 0.1) is 36.1 Å². The lowest BCUT2D eigenvalue weighted by atomic mass is 9.96. The van der Waals surface area contributed by atoms with Crippen LogP contribution in [0, 0.1) is 11.3 Å². The molecule has 3 N–H and O–H groups in total. The van der Waals surface area contributed by atoms with Crippen LogP contribution in [0.3, 0.4) is 0 Å². The number of rotatable bonds is 9. The smallest absolute Gasteiger partial charge is 0.241 e. The van der Waals surface area contributed by atoms with Crippen LogP contribution in [0.2, 0.25) is 0 Å². The molecule has 0 aliphatic carbocycles. The Morgan fingerprint density at radius 3 is 2.69 bits per heavy atom. The number of carbonyl (C=O) groups is 1. The minimum absolute atomic E-state index is 0.0582. The molecule has 2 aromatic heterocycles. The number of hydrogen-bond donors (Lipinski definition) is 3. The predicted octanol–water partition coefficient (Wildman–Crippen LogP) is 3.87. The van der Waals surface area contributed by atoms with Gasteiger partial charge >= 0.3 is 0 Å². The Hall–Kier alpha value is -4.68. The molecule has 5 rings (SSSR count). The van der Waals surface area contributed by atoms with Crippen molar-refractivity contribution in [2.75, 3.05) is 25.5 Å². The van der Waals surface area contributed by atoms with E-state index in [2.05, 4.69) is 51.2 Å². The third-order valence-electron chi connectivity index (χ3n) is 6.94. The number of likely N-dealkylation sites (N-methyl/N-ethyl adjacent to an activating group) is 1. The van der Waals surface area contributed by atoms with Gasteiger partial charge < -0.3 is 20.7 Å². The molecule has 3 heterocycles. The summed E-state index contributed by atoms with van der Waals surface area (Å²) >= 11 is 0. The summed E-state index contributed by atoms with van der Waals surface area (Å²) in [6, 6.07) is 22.2. The van der Waals surface area contributed by atoms with Gasteiger partial charge in [-0.1, -0.05) is 49.4 Å². The molecule has 1 amide bonds. The van der Waals surface area contributed by atoms with E-state index >= 15 is 0 Å². The summed E-state index contributed by atoms with van der Waals surface area (Å²) in [5.74, 6) is 0.690. The number of ether oxygens (including phenoxy) is 1. The Balaban J connectivity index is 1.30. The van der Waals surface area contributed by atoms with Crippen LogP contribution in [0.4, 0.5) is 5.69 Å². The predicted molar refractivity (Wildman–Crippen MR) is 149 cm³/mol. The highest BCUT2D eigenvalue weighted by Gasteiger charge is 2.30. The lowest BCUT2D eigenvalue weighted by Crippen LogP contribution is -2.43. The van der Waals surface area contributed by atoms with Crippen molar-refractivity contribution in [1.29, 1.82) is 5.26 Å². The van der Waals surface area contributed by atoms with Gasteiger partial charge in [-0.2, -0.15) is 10.4 Å². The van der Waals surface area contributed by atoms with Gasteiger partial charge in [0.15, 0.2) is 0 Å². The van der Waals surface area contributed by atoms with Gasteiger partial charge in [0, 0.05) is 37.1 Å². The fraction of sp³-hybridized carbons (Fsp3) is 0.267. The maximum absolute atomic E-state index is 11.7. The van der Waals surface area contributed by atoms with Crippen LogP contribution < -0.4 is 20.7 Å². The number of anilines is 1. The molecule has 0 bridgehead atoms. The van der Waals surface area contributed by atoms with E-state index in [-0.39, 0.29) is 30.5 Å². The molecule has 4 aromatic rings. The van der Waals surface area contributed by atoms with Crippen molar-refractivity contribution in [3.63, 3.8) is 0 Å². The molecule has 2 aromatic carbocycles. The van der Waals surface area contributed by atoms with E-state index in [0.717, 1.165) is 28.9 Å². The summed E-state index contributed by atoms with van der Waals surface area (Å²) in [6.45, 7) is 3.68. The maximum Gasteiger partial charge on any atom is 0.241 e. The molecule has 39 heavy (non-hydrogen) atoms. The Bertz CT molecular complexity index is 1460. The topological polar surface area (TPSA) is 117 Å². The summed E-state index contributed by atoms with van der Waals surface area (Å²) in [6.07, 6.45) is 5.14. The van der Waals surface area contributed by atoms with E-state index in [0.29, 0.717) is 18.0 Å². The van der Waals surface area contributed by atoms with Crippen LogP contribution >= 0.6 is 0 Å². The largest absolute Gasteiger partial charge is 0.469 e. The minimum Gasteiger partial charge on any atom is -0.469 e. The lowest BCUT2D eigenvalue weighted by molar-refractivity contribution is -0.121. The third kappa shape index (κ3) is 6.08. The monoisotopic (exact) mass is 521 g/mol.